The van der Waals surface area contributed by atoms with Crippen LogP contribution in [0, 0.1) is 0 Å². The summed E-state index contributed by atoms with van der Waals surface area (Å²) < 4.78 is 5.92. The molecule has 0 aliphatic carbocycles. The molecular weight excluding hydrogens is 350 g/mol. The van der Waals surface area contributed by atoms with Gasteiger partial charge in [-0.3, -0.25) is 4.79 Å². The number of amides is 1. The van der Waals surface area contributed by atoms with E-state index in [4.69, 9.17) is 9.84 Å². The standard InChI is InChI=1S/C16H14BrNO4/c17-12-6-7-14(13(8-12)16(20)21)22-10-15(19)18-9-11-4-2-1-3-5-11/h1-8H,9-10H2,(H,18,19)(H,20,21). The number of ether oxygens (including phenoxy) is 1. The van der Waals surface area contributed by atoms with E-state index in [1.165, 1.54) is 12.1 Å². The molecule has 0 aliphatic heterocycles. The van der Waals surface area contributed by atoms with E-state index in [9.17, 15) is 9.59 Å². The second-order valence-corrected chi connectivity index (χ2v) is 5.41. The van der Waals surface area contributed by atoms with Crippen molar-refractivity contribution in [2.45, 2.75) is 6.54 Å². The van der Waals surface area contributed by atoms with Crippen molar-refractivity contribution in [1.82, 2.24) is 5.32 Å². The molecule has 0 bridgehead atoms. The van der Waals surface area contributed by atoms with Crippen LogP contribution in [0.15, 0.2) is 53.0 Å². The van der Waals surface area contributed by atoms with Crippen molar-refractivity contribution in [3.05, 3.63) is 64.1 Å². The van der Waals surface area contributed by atoms with Crippen molar-refractivity contribution in [3.63, 3.8) is 0 Å². The molecule has 0 saturated heterocycles. The molecule has 0 aliphatic rings. The topological polar surface area (TPSA) is 75.6 Å². The van der Waals surface area contributed by atoms with Crippen LogP contribution in [0.25, 0.3) is 0 Å². The van der Waals surface area contributed by atoms with Crippen molar-refractivity contribution in [2.75, 3.05) is 6.61 Å². The molecule has 5 nitrogen and oxygen atoms in total. The van der Waals surface area contributed by atoms with Gasteiger partial charge in [-0.15, -0.1) is 0 Å². The molecule has 2 aromatic rings. The molecule has 0 fully saturated rings. The lowest BCUT2D eigenvalue weighted by molar-refractivity contribution is -0.123. The van der Waals surface area contributed by atoms with Gasteiger partial charge in [-0.1, -0.05) is 46.3 Å². The summed E-state index contributed by atoms with van der Waals surface area (Å²) in [5.41, 5.74) is 0.982. The lowest BCUT2D eigenvalue weighted by atomic mass is 10.2. The molecule has 0 saturated carbocycles. The highest BCUT2D eigenvalue weighted by atomic mass is 79.9. The quantitative estimate of drug-likeness (QED) is 0.827. The smallest absolute Gasteiger partial charge is 0.339 e. The highest BCUT2D eigenvalue weighted by Crippen LogP contribution is 2.23. The largest absolute Gasteiger partial charge is 0.483 e. The lowest BCUT2D eigenvalue weighted by Gasteiger charge is -2.10. The molecule has 22 heavy (non-hydrogen) atoms. The molecule has 0 unspecified atom stereocenters. The van der Waals surface area contributed by atoms with Gasteiger partial charge in [-0.05, 0) is 23.8 Å². The Kier molecular flexibility index (Phi) is 5.55. The summed E-state index contributed by atoms with van der Waals surface area (Å²) in [4.78, 5) is 22.9. The molecule has 0 heterocycles. The molecule has 0 aromatic heterocycles. The highest BCUT2D eigenvalue weighted by Gasteiger charge is 2.13. The Bertz CT molecular complexity index is 673. The van der Waals surface area contributed by atoms with Gasteiger partial charge in [-0.2, -0.15) is 0 Å². The Balaban J connectivity index is 1.90. The van der Waals surface area contributed by atoms with Gasteiger partial charge in [0.25, 0.3) is 5.91 Å². The molecule has 2 N–H and O–H groups in total. The molecule has 0 atom stereocenters. The first-order chi connectivity index (χ1) is 10.6. The van der Waals surface area contributed by atoms with E-state index in [2.05, 4.69) is 21.2 Å². The molecule has 6 heteroatoms. The number of carbonyl (C=O) groups excluding carboxylic acids is 1. The van der Waals surface area contributed by atoms with Gasteiger partial charge < -0.3 is 15.2 Å². The first-order valence-corrected chi connectivity index (χ1v) is 7.32. The van der Waals surface area contributed by atoms with Crippen LogP contribution in [0.2, 0.25) is 0 Å². The summed E-state index contributed by atoms with van der Waals surface area (Å²) >= 11 is 3.20. The maximum absolute atomic E-state index is 11.7. The normalized spacial score (nSPS) is 10.0. The van der Waals surface area contributed by atoms with Crippen molar-refractivity contribution in [2.24, 2.45) is 0 Å². The fourth-order valence-electron chi connectivity index (χ4n) is 1.79. The molecule has 1 amide bonds. The van der Waals surface area contributed by atoms with E-state index in [1.807, 2.05) is 30.3 Å². The molecular formula is C16H14BrNO4. The Hall–Kier alpha value is -2.34. The number of aromatic carboxylic acids is 1. The first-order valence-electron chi connectivity index (χ1n) is 6.52. The van der Waals surface area contributed by atoms with Gasteiger partial charge in [0.2, 0.25) is 0 Å². The number of benzene rings is 2. The number of halogens is 1. The van der Waals surface area contributed by atoms with Crippen LogP contribution in [0.1, 0.15) is 15.9 Å². The molecule has 0 radical (unpaired) electrons. The van der Waals surface area contributed by atoms with Gasteiger partial charge in [0, 0.05) is 11.0 Å². The zero-order valence-corrected chi connectivity index (χ0v) is 13.2. The monoisotopic (exact) mass is 363 g/mol. The van der Waals surface area contributed by atoms with Crippen LogP contribution in [-0.4, -0.2) is 23.6 Å². The van der Waals surface area contributed by atoms with E-state index < -0.39 is 5.97 Å². The second-order valence-electron chi connectivity index (χ2n) is 4.50. The summed E-state index contributed by atoms with van der Waals surface area (Å²) in [5, 5.41) is 11.8. The third-order valence-electron chi connectivity index (χ3n) is 2.86. The van der Waals surface area contributed by atoms with E-state index in [0.717, 1.165) is 5.56 Å². The van der Waals surface area contributed by atoms with Gasteiger partial charge in [0.1, 0.15) is 11.3 Å². The van der Waals surface area contributed by atoms with Crippen molar-refractivity contribution < 1.29 is 19.4 Å². The minimum atomic E-state index is -1.11. The number of hydrogen-bond acceptors (Lipinski definition) is 3. The van der Waals surface area contributed by atoms with Crippen molar-refractivity contribution >= 4 is 27.8 Å². The number of hydrogen-bond donors (Lipinski definition) is 2. The van der Waals surface area contributed by atoms with Crippen LogP contribution < -0.4 is 10.1 Å². The summed E-state index contributed by atoms with van der Waals surface area (Å²) in [6, 6.07) is 14.1. The highest BCUT2D eigenvalue weighted by molar-refractivity contribution is 9.10. The SMILES string of the molecule is O=C(COc1ccc(Br)cc1C(=O)O)NCc1ccccc1. The van der Waals surface area contributed by atoms with Gasteiger partial charge in [0.15, 0.2) is 6.61 Å². The van der Waals surface area contributed by atoms with Crippen LogP contribution in [0.5, 0.6) is 5.75 Å². The lowest BCUT2D eigenvalue weighted by Crippen LogP contribution is -2.28. The van der Waals surface area contributed by atoms with Crippen LogP contribution in [0.3, 0.4) is 0 Å². The summed E-state index contributed by atoms with van der Waals surface area (Å²) in [6.45, 7) is 0.157. The molecule has 114 valence electrons. The molecule has 0 spiro atoms. The maximum Gasteiger partial charge on any atom is 0.339 e. The Morgan fingerprint density at radius 1 is 1.14 bits per heavy atom. The number of nitrogens with one attached hydrogen (secondary N) is 1. The third kappa shape index (κ3) is 4.60. The zero-order valence-electron chi connectivity index (χ0n) is 11.6. The summed E-state index contributed by atoms with van der Waals surface area (Å²) in [6.07, 6.45) is 0. The average Bonchev–Trinajstić information content (AvgIpc) is 2.52. The van der Waals surface area contributed by atoms with Gasteiger partial charge in [0.05, 0.1) is 0 Å². The third-order valence-corrected chi connectivity index (χ3v) is 3.36. The second kappa shape index (κ2) is 7.61. The Morgan fingerprint density at radius 2 is 1.86 bits per heavy atom. The van der Waals surface area contributed by atoms with Gasteiger partial charge >= 0.3 is 5.97 Å². The zero-order chi connectivity index (χ0) is 15.9. The van der Waals surface area contributed by atoms with Crippen LogP contribution in [0.4, 0.5) is 0 Å². The minimum Gasteiger partial charge on any atom is -0.483 e. The number of rotatable bonds is 6. The Morgan fingerprint density at radius 3 is 2.55 bits per heavy atom. The first kappa shape index (κ1) is 16.0. The predicted molar refractivity (Wildman–Crippen MR) is 84.9 cm³/mol. The van der Waals surface area contributed by atoms with E-state index in [1.54, 1.807) is 6.07 Å². The summed E-state index contributed by atoms with van der Waals surface area (Å²) in [7, 11) is 0. The fraction of sp³-hybridized carbons (Fsp3) is 0.125. The average molecular weight is 364 g/mol. The van der Waals surface area contributed by atoms with E-state index in [0.29, 0.717) is 11.0 Å². The van der Waals surface area contributed by atoms with Gasteiger partial charge in [-0.25, -0.2) is 4.79 Å². The molecule has 2 aromatic carbocycles. The number of carboxylic acids is 1. The van der Waals surface area contributed by atoms with Crippen LogP contribution >= 0.6 is 15.9 Å². The molecule has 2 rings (SSSR count). The maximum atomic E-state index is 11.7. The number of carboxylic acid groups (broad SMARTS) is 1. The minimum absolute atomic E-state index is 0.00485. The number of carbonyl (C=O) groups is 2. The fourth-order valence-corrected chi connectivity index (χ4v) is 2.15. The van der Waals surface area contributed by atoms with Crippen LogP contribution in [-0.2, 0) is 11.3 Å². The predicted octanol–water partition coefficient (Wildman–Crippen LogP) is 2.84. The Labute approximate surface area is 136 Å². The van der Waals surface area contributed by atoms with Crippen molar-refractivity contribution in [3.8, 4) is 5.75 Å². The van der Waals surface area contributed by atoms with Crippen molar-refractivity contribution in [1.29, 1.82) is 0 Å². The summed E-state index contributed by atoms with van der Waals surface area (Å²) in [5.74, 6) is -1.27. The van der Waals surface area contributed by atoms with E-state index in [-0.39, 0.29) is 23.8 Å². The van der Waals surface area contributed by atoms with E-state index >= 15 is 0 Å².